The first-order valence-corrected chi connectivity index (χ1v) is 10.2. The number of rotatable bonds is 4. The molecule has 1 aromatic heterocycles. The number of aromatic nitrogens is 2. The second kappa shape index (κ2) is 6.72. The predicted molar refractivity (Wildman–Crippen MR) is 102 cm³/mol. The molecular weight excluding hydrogens is 378 g/mol. The van der Waals surface area contributed by atoms with Crippen molar-refractivity contribution < 1.29 is 18.0 Å². The van der Waals surface area contributed by atoms with Gasteiger partial charge in [-0.2, -0.15) is 0 Å². The highest BCUT2D eigenvalue weighted by atomic mass is 32.2. The van der Waals surface area contributed by atoms with Gasteiger partial charge >= 0.3 is 0 Å². The van der Waals surface area contributed by atoms with Crippen molar-refractivity contribution in [2.75, 3.05) is 4.90 Å². The minimum atomic E-state index is -3.79. The number of benzene rings is 2. The molecule has 0 fully saturated rings. The van der Waals surface area contributed by atoms with Crippen molar-refractivity contribution in [1.82, 2.24) is 9.55 Å². The summed E-state index contributed by atoms with van der Waals surface area (Å²) in [5.41, 5.74) is 0.856. The molecule has 0 radical (unpaired) electrons. The Morgan fingerprint density at radius 2 is 1.79 bits per heavy atom. The molecule has 0 aliphatic carbocycles. The van der Waals surface area contributed by atoms with Gasteiger partial charge in [0.15, 0.2) is 5.78 Å². The van der Waals surface area contributed by atoms with Crippen LogP contribution in [0.5, 0.6) is 0 Å². The van der Waals surface area contributed by atoms with Gasteiger partial charge in [0, 0.05) is 30.9 Å². The predicted octanol–water partition coefficient (Wildman–Crippen LogP) is 2.99. The fourth-order valence-electron chi connectivity index (χ4n) is 3.28. The van der Waals surface area contributed by atoms with E-state index < -0.39 is 9.84 Å². The number of nitrogens with zero attached hydrogens (tertiary/aromatic N) is 3. The van der Waals surface area contributed by atoms with Crippen molar-refractivity contribution in [2.24, 2.45) is 0 Å². The number of Topliss-reactive ketones (excluding diaryl/α,β-unsaturated/α-hetero) is 1. The third-order valence-electron chi connectivity index (χ3n) is 4.68. The van der Waals surface area contributed by atoms with Crippen LogP contribution in [-0.4, -0.2) is 29.7 Å². The number of carbonyl (C=O) groups excluding carboxylic acids is 2. The lowest BCUT2D eigenvalue weighted by atomic mass is 10.1. The number of ketones is 1. The van der Waals surface area contributed by atoms with Gasteiger partial charge in [0.1, 0.15) is 0 Å². The topological polar surface area (TPSA) is 89.3 Å². The number of amides is 1. The smallest absolute Gasteiger partial charge is 0.233 e. The van der Waals surface area contributed by atoms with Crippen LogP contribution in [0.3, 0.4) is 0 Å². The van der Waals surface area contributed by atoms with Crippen LogP contribution >= 0.6 is 0 Å². The van der Waals surface area contributed by atoms with Gasteiger partial charge < -0.3 is 4.57 Å². The van der Waals surface area contributed by atoms with Crippen molar-refractivity contribution in [3.63, 3.8) is 0 Å². The molecule has 0 spiro atoms. The monoisotopic (exact) mass is 395 g/mol. The van der Waals surface area contributed by atoms with Gasteiger partial charge in [0.05, 0.1) is 27.5 Å². The highest BCUT2D eigenvalue weighted by molar-refractivity contribution is 7.92. The summed E-state index contributed by atoms with van der Waals surface area (Å²) in [6.45, 7) is 1.81. The molecular formula is C20H17N3O4S. The summed E-state index contributed by atoms with van der Waals surface area (Å²) in [4.78, 5) is 30.4. The molecule has 4 rings (SSSR count). The first-order chi connectivity index (χ1) is 13.4. The number of fused-ring (bicyclic) bond motifs is 2. The van der Waals surface area contributed by atoms with E-state index in [9.17, 15) is 18.0 Å². The standard InChI is InChI=1S/C20H17N3O4S/c1-14(24)15-6-7-19-17(12-15)23(20(25)8-10-22-11-9-21-13-22)16-4-2-3-5-18(16)28(19,26)27/h2-7,9,11-13H,8,10H2,1H3. The van der Waals surface area contributed by atoms with E-state index >= 15 is 0 Å². The minimum absolute atomic E-state index is 0.0205. The zero-order valence-electron chi connectivity index (χ0n) is 15.1. The second-order valence-corrected chi connectivity index (χ2v) is 8.38. The molecule has 8 heteroatoms. The number of imidazole rings is 1. The van der Waals surface area contributed by atoms with Gasteiger partial charge in [-0.3, -0.25) is 14.5 Å². The second-order valence-electron chi connectivity index (χ2n) is 6.49. The van der Waals surface area contributed by atoms with Crippen molar-refractivity contribution in [3.05, 3.63) is 66.7 Å². The highest BCUT2D eigenvalue weighted by Gasteiger charge is 2.36. The molecule has 2 aromatic carbocycles. The van der Waals surface area contributed by atoms with Crippen LogP contribution in [0.2, 0.25) is 0 Å². The van der Waals surface area contributed by atoms with Gasteiger partial charge in [0.2, 0.25) is 15.7 Å². The number of hydrogen-bond donors (Lipinski definition) is 0. The van der Waals surface area contributed by atoms with Crippen molar-refractivity contribution in [1.29, 1.82) is 0 Å². The van der Waals surface area contributed by atoms with Crippen molar-refractivity contribution in [2.45, 2.75) is 29.7 Å². The molecule has 0 saturated heterocycles. The Hall–Kier alpha value is -3.26. The molecule has 0 N–H and O–H groups in total. The molecule has 142 valence electrons. The van der Waals surface area contributed by atoms with E-state index in [1.54, 1.807) is 41.5 Å². The lowest BCUT2D eigenvalue weighted by molar-refractivity contribution is -0.118. The molecule has 0 unspecified atom stereocenters. The quantitative estimate of drug-likeness (QED) is 0.634. The first-order valence-electron chi connectivity index (χ1n) is 8.67. The summed E-state index contributed by atoms with van der Waals surface area (Å²) in [5.74, 6) is -0.470. The van der Waals surface area contributed by atoms with E-state index in [0.29, 0.717) is 17.8 Å². The van der Waals surface area contributed by atoms with Crippen molar-refractivity contribution in [3.8, 4) is 0 Å². The minimum Gasteiger partial charge on any atom is -0.337 e. The van der Waals surface area contributed by atoms with Crippen LogP contribution in [0.1, 0.15) is 23.7 Å². The molecule has 28 heavy (non-hydrogen) atoms. The Morgan fingerprint density at radius 3 is 2.50 bits per heavy atom. The maximum atomic E-state index is 13.1. The Kier molecular flexibility index (Phi) is 4.35. The number of anilines is 2. The summed E-state index contributed by atoms with van der Waals surface area (Å²) >= 11 is 0. The largest absolute Gasteiger partial charge is 0.337 e. The highest BCUT2D eigenvalue weighted by Crippen LogP contribution is 2.44. The molecule has 1 aliphatic heterocycles. The van der Waals surface area contributed by atoms with Gasteiger partial charge in [-0.05, 0) is 37.3 Å². The van der Waals surface area contributed by atoms with E-state index in [0.717, 1.165) is 0 Å². The maximum Gasteiger partial charge on any atom is 0.233 e. The van der Waals surface area contributed by atoms with Crippen molar-refractivity contribution >= 4 is 32.9 Å². The third-order valence-corrected chi connectivity index (χ3v) is 6.53. The molecule has 3 aromatic rings. The van der Waals surface area contributed by atoms with E-state index in [-0.39, 0.29) is 33.6 Å². The third kappa shape index (κ3) is 2.91. The SMILES string of the molecule is CC(=O)c1ccc2c(c1)N(C(=O)CCn1ccnc1)c1ccccc1S2(=O)=O. The summed E-state index contributed by atoms with van der Waals surface area (Å²) in [6.07, 6.45) is 5.14. The molecule has 1 aliphatic rings. The normalized spacial score (nSPS) is 14.2. The number of sulfone groups is 1. The maximum absolute atomic E-state index is 13.1. The van der Waals surface area contributed by atoms with Gasteiger partial charge in [-0.1, -0.05) is 12.1 Å². The summed E-state index contributed by atoms with van der Waals surface area (Å²) in [5, 5.41) is 0. The van der Waals surface area contributed by atoms with E-state index in [1.807, 2.05) is 0 Å². The van der Waals surface area contributed by atoms with Gasteiger partial charge in [0.25, 0.3) is 0 Å². The Labute approximate surface area is 162 Å². The van der Waals surface area contributed by atoms with Crippen LogP contribution in [0.25, 0.3) is 0 Å². The molecule has 2 heterocycles. The summed E-state index contributed by atoms with van der Waals surface area (Å²) < 4.78 is 27.9. The lowest BCUT2D eigenvalue weighted by Crippen LogP contribution is -2.32. The van der Waals surface area contributed by atoms with Gasteiger partial charge in [-0.15, -0.1) is 0 Å². The fourth-order valence-corrected chi connectivity index (χ4v) is 4.88. The van der Waals surface area contributed by atoms with Gasteiger partial charge in [-0.25, -0.2) is 13.4 Å². The van der Waals surface area contributed by atoms with E-state index in [2.05, 4.69) is 4.98 Å². The van der Waals surface area contributed by atoms with Crippen LogP contribution < -0.4 is 4.90 Å². The molecule has 7 nitrogen and oxygen atoms in total. The Morgan fingerprint density at radius 1 is 1.04 bits per heavy atom. The average Bonchev–Trinajstić information content (AvgIpc) is 3.20. The zero-order valence-corrected chi connectivity index (χ0v) is 15.9. The van der Waals surface area contributed by atoms with E-state index in [4.69, 9.17) is 0 Å². The fraction of sp³-hybridized carbons (Fsp3) is 0.150. The van der Waals surface area contributed by atoms with Crippen LogP contribution in [0, 0.1) is 0 Å². The Bertz CT molecular complexity index is 1180. The number of hydrogen-bond acceptors (Lipinski definition) is 5. The number of para-hydroxylation sites is 1. The molecule has 0 saturated carbocycles. The molecule has 1 amide bonds. The van der Waals surface area contributed by atoms with Crippen LogP contribution in [0.4, 0.5) is 11.4 Å². The number of aryl methyl sites for hydroxylation is 1. The summed E-state index contributed by atoms with van der Waals surface area (Å²) in [6, 6.07) is 10.7. The Balaban J connectivity index is 1.84. The molecule has 0 bridgehead atoms. The summed E-state index contributed by atoms with van der Waals surface area (Å²) in [7, 11) is -3.79. The first kappa shape index (κ1) is 18.1. The molecule has 0 atom stereocenters. The van der Waals surface area contributed by atoms with Crippen LogP contribution in [0.15, 0.2) is 71.0 Å². The lowest BCUT2D eigenvalue weighted by Gasteiger charge is -2.31. The van der Waals surface area contributed by atoms with E-state index in [1.165, 1.54) is 36.1 Å². The zero-order chi connectivity index (χ0) is 19.9. The number of carbonyl (C=O) groups is 2. The average molecular weight is 395 g/mol. The van der Waals surface area contributed by atoms with Crippen LogP contribution in [-0.2, 0) is 21.2 Å².